The molecule has 0 fully saturated rings. The Labute approximate surface area is 128 Å². The van der Waals surface area contributed by atoms with Crippen LogP contribution in [-0.2, 0) is 4.79 Å². The number of carbonyl (C=O) groups is 1. The van der Waals surface area contributed by atoms with Crippen LogP contribution >= 0.6 is 0 Å². The molecule has 1 aromatic carbocycles. The van der Waals surface area contributed by atoms with E-state index in [0.717, 1.165) is 31.7 Å². The number of ether oxygens (including phenoxy) is 1. The van der Waals surface area contributed by atoms with Crippen LogP contribution in [0.15, 0.2) is 30.3 Å². The normalized spacial score (nSPS) is 11.9. The molecule has 0 saturated carbocycles. The number of rotatable bonds is 11. The van der Waals surface area contributed by atoms with E-state index in [9.17, 15) is 4.79 Å². The number of carbonyl (C=O) groups excluding carboxylic acids is 1. The van der Waals surface area contributed by atoms with Gasteiger partial charge in [-0.3, -0.25) is 4.79 Å². The average molecular weight is 292 g/mol. The van der Waals surface area contributed by atoms with Gasteiger partial charge in [-0.05, 0) is 38.4 Å². The molecule has 21 heavy (non-hydrogen) atoms. The molecule has 4 heteroatoms. The van der Waals surface area contributed by atoms with Gasteiger partial charge in [-0.25, -0.2) is 0 Å². The first-order valence-corrected chi connectivity index (χ1v) is 7.93. The molecule has 0 bridgehead atoms. The number of hydrogen-bond acceptors (Lipinski definition) is 3. The van der Waals surface area contributed by atoms with Crippen molar-refractivity contribution in [2.24, 2.45) is 0 Å². The summed E-state index contributed by atoms with van der Waals surface area (Å²) >= 11 is 0. The highest BCUT2D eigenvalue weighted by Crippen LogP contribution is 2.08. The number of para-hydroxylation sites is 1. The van der Waals surface area contributed by atoms with Crippen molar-refractivity contribution in [2.75, 3.05) is 19.7 Å². The second kappa shape index (κ2) is 11.1. The Balaban J connectivity index is 2.02. The Morgan fingerprint density at radius 2 is 1.90 bits per heavy atom. The highest BCUT2D eigenvalue weighted by atomic mass is 16.5. The molecule has 1 atom stereocenters. The van der Waals surface area contributed by atoms with Crippen molar-refractivity contribution in [3.63, 3.8) is 0 Å². The van der Waals surface area contributed by atoms with Crippen LogP contribution in [0.3, 0.4) is 0 Å². The predicted molar refractivity (Wildman–Crippen MR) is 86.6 cm³/mol. The van der Waals surface area contributed by atoms with Crippen molar-refractivity contribution in [1.82, 2.24) is 10.6 Å². The molecule has 0 aliphatic carbocycles. The summed E-state index contributed by atoms with van der Waals surface area (Å²) in [5.41, 5.74) is 0. The van der Waals surface area contributed by atoms with Gasteiger partial charge in [0.2, 0.25) is 5.91 Å². The summed E-state index contributed by atoms with van der Waals surface area (Å²) < 4.78 is 5.60. The van der Waals surface area contributed by atoms with Gasteiger partial charge in [0.25, 0.3) is 0 Å². The molecule has 0 radical (unpaired) electrons. The maximum Gasteiger partial charge on any atom is 0.236 e. The van der Waals surface area contributed by atoms with E-state index in [1.807, 2.05) is 37.3 Å². The Hall–Kier alpha value is -1.55. The van der Waals surface area contributed by atoms with Crippen LogP contribution in [0.2, 0.25) is 0 Å². The number of unbranched alkanes of at least 4 members (excludes halogenated alkanes) is 2. The largest absolute Gasteiger partial charge is 0.494 e. The minimum absolute atomic E-state index is 0.0788. The zero-order chi connectivity index (χ0) is 15.3. The van der Waals surface area contributed by atoms with Crippen molar-refractivity contribution in [3.05, 3.63) is 30.3 Å². The van der Waals surface area contributed by atoms with E-state index in [1.165, 1.54) is 12.8 Å². The molecular weight excluding hydrogens is 264 g/mol. The molecule has 1 amide bonds. The van der Waals surface area contributed by atoms with E-state index in [4.69, 9.17) is 4.74 Å². The fourth-order valence-corrected chi connectivity index (χ4v) is 1.93. The first-order valence-electron chi connectivity index (χ1n) is 7.93. The fourth-order valence-electron chi connectivity index (χ4n) is 1.93. The van der Waals surface area contributed by atoms with Crippen LogP contribution in [-0.4, -0.2) is 31.6 Å². The standard InChI is InChI=1S/C17H28N2O2/c1-3-4-8-12-19-17(20)15(2)18-13-9-14-21-16-10-6-5-7-11-16/h5-7,10-11,15,18H,3-4,8-9,12-14H2,1-2H3,(H,19,20). The summed E-state index contributed by atoms with van der Waals surface area (Å²) in [7, 11) is 0. The molecular formula is C17H28N2O2. The number of amides is 1. The van der Waals surface area contributed by atoms with Gasteiger partial charge in [0.05, 0.1) is 12.6 Å². The van der Waals surface area contributed by atoms with Crippen molar-refractivity contribution < 1.29 is 9.53 Å². The van der Waals surface area contributed by atoms with Crippen molar-refractivity contribution in [1.29, 1.82) is 0 Å². The Morgan fingerprint density at radius 1 is 1.14 bits per heavy atom. The van der Waals surface area contributed by atoms with Gasteiger partial charge in [-0.15, -0.1) is 0 Å². The smallest absolute Gasteiger partial charge is 0.236 e. The monoisotopic (exact) mass is 292 g/mol. The molecule has 0 heterocycles. The Bertz CT molecular complexity index is 382. The van der Waals surface area contributed by atoms with Crippen LogP contribution in [0.25, 0.3) is 0 Å². The van der Waals surface area contributed by atoms with Gasteiger partial charge in [-0.1, -0.05) is 38.0 Å². The highest BCUT2D eigenvalue weighted by Gasteiger charge is 2.10. The van der Waals surface area contributed by atoms with E-state index in [1.54, 1.807) is 0 Å². The summed E-state index contributed by atoms with van der Waals surface area (Å²) in [4.78, 5) is 11.8. The maximum absolute atomic E-state index is 11.8. The van der Waals surface area contributed by atoms with Gasteiger partial charge in [0.1, 0.15) is 5.75 Å². The van der Waals surface area contributed by atoms with Crippen LogP contribution in [0.5, 0.6) is 5.75 Å². The van der Waals surface area contributed by atoms with Crippen LogP contribution < -0.4 is 15.4 Å². The lowest BCUT2D eigenvalue weighted by Gasteiger charge is -2.14. The van der Waals surface area contributed by atoms with Crippen molar-refractivity contribution >= 4 is 5.91 Å². The number of hydrogen-bond donors (Lipinski definition) is 2. The molecule has 4 nitrogen and oxygen atoms in total. The summed E-state index contributed by atoms with van der Waals surface area (Å²) in [6, 6.07) is 9.62. The minimum Gasteiger partial charge on any atom is -0.494 e. The van der Waals surface area contributed by atoms with E-state index in [2.05, 4.69) is 17.6 Å². The van der Waals surface area contributed by atoms with Gasteiger partial charge >= 0.3 is 0 Å². The third-order valence-corrected chi connectivity index (χ3v) is 3.26. The number of nitrogens with one attached hydrogen (secondary N) is 2. The molecule has 0 saturated heterocycles. The lowest BCUT2D eigenvalue weighted by molar-refractivity contribution is -0.122. The minimum atomic E-state index is -0.150. The first-order chi connectivity index (χ1) is 10.2. The topological polar surface area (TPSA) is 50.4 Å². The molecule has 1 rings (SSSR count). The zero-order valence-corrected chi connectivity index (χ0v) is 13.2. The summed E-state index contributed by atoms with van der Waals surface area (Å²) in [5, 5.41) is 6.17. The second-order valence-corrected chi connectivity index (χ2v) is 5.19. The van der Waals surface area contributed by atoms with E-state index >= 15 is 0 Å². The summed E-state index contributed by atoms with van der Waals surface area (Å²) in [5.74, 6) is 0.967. The Morgan fingerprint density at radius 3 is 2.62 bits per heavy atom. The van der Waals surface area contributed by atoms with E-state index in [-0.39, 0.29) is 11.9 Å². The quantitative estimate of drug-likeness (QED) is 0.617. The molecule has 118 valence electrons. The second-order valence-electron chi connectivity index (χ2n) is 5.19. The Kier molecular flexibility index (Phi) is 9.29. The molecule has 0 aliphatic rings. The fraction of sp³-hybridized carbons (Fsp3) is 0.588. The van der Waals surface area contributed by atoms with Crippen LogP contribution in [0.4, 0.5) is 0 Å². The van der Waals surface area contributed by atoms with Crippen LogP contribution in [0, 0.1) is 0 Å². The molecule has 0 spiro atoms. The molecule has 0 aliphatic heterocycles. The third-order valence-electron chi connectivity index (χ3n) is 3.26. The zero-order valence-electron chi connectivity index (χ0n) is 13.2. The summed E-state index contributed by atoms with van der Waals surface area (Å²) in [6.45, 7) is 6.25. The first kappa shape index (κ1) is 17.5. The van der Waals surface area contributed by atoms with E-state index < -0.39 is 0 Å². The van der Waals surface area contributed by atoms with Crippen molar-refractivity contribution in [2.45, 2.75) is 45.6 Å². The molecule has 0 aromatic heterocycles. The summed E-state index contributed by atoms with van der Waals surface area (Å²) in [6.07, 6.45) is 4.27. The third kappa shape index (κ3) is 8.35. The molecule has 2 N–H and O–H groups in total. The maximum atomic E-state index is 11.8. The predicted octanol–water partition coefficient (Wildman–Crippen LogP) is 2.74. The van der Waals surface area contributed by atoms with Gasteiger partial charge in [0, 0.05) is 6.54 Å². The van der Waals surface area contributed by atoms with Gasteiger partial charge in [-0.2, -0.15) is 0 Å². The number of benzene rings is 1. The lowest BCUT2D eigenvalue weighted by Crippen LogP contribution is -2.43. The van der Waals surface area contributed by atoms with E-state index in [0.29, 0.717) is 6.61 Å². The lowest BCUT2D eigenvalue weighted by atomic mass is 10.2. The van der Waals surface area contributed by atoms with Crippen LogP contribution in [0.1, 0.15) is 39.5 Å². The van der Waals surface area contributed by atoms with Crippen molar-refractivity contribution in [3.8, 4) is 5.75 Å². The highest BCUT2D eigenvalue weighted by molar-refractivity contribution is 5.81. The molecule has 1 aromatic rings. The SMILES string of the molecule is CCCCCNC(=O)C(C)NCCCOc1ccccc1. The van der Waals surface area contributed by atoms with Gasteiger partial charge in [0.15, 0.2) is 0 Å². The molecule has 1 unspecified atom stereocenters. The van der Waals surface area contributed by atoms with Gasteiger partial charge < -0.3 is 15.4 Å². The average Bonchev–Trinajstić information content (AvgIpc) is 2.52.